The summed E-state index contributed by atoms with van der Waals surface area (Å²) >= 11 is 0. The highest BCUT2D eigenvalue weighted by atomic mass is 35.5. The van der Waals surface area contributed by atoms with Crippen LogP contribution in [0.2, 0.25) is 0 Å². The average Bonchev–Trinajstić information content (AvgIpc) is 2.51. The number of hydrogen-bond acceptors (Lipinski definition) is 4. The van der Waals surface area contributed by atoms with Crippen LogP contribution in [-0.2, 0) is 6.54 Å². The Labute approximate surface area is 141 Å². The lowest BCUT2D eigenvalue weighted by Gasteiger charge is -1.93. The van der Waals surface area contributed by atoms with Crippen molar-refractivity contribution in [3.63, 3.8) is 0 Å². The molecule has 2 N–H and O–H groups in total. The molecule has 0 unspecified atom stereocenters. The Morgan fingerprint density at radius 3 is 1.86 bits per heavy atom. The zero-order chi connectivity index (χ0) is 15.4. The molecule has 0 atom stereocenters. The fourth-order valence-electron chi connectivity index (χ4n) is 1.04. The maximum absolute atomic E-state index is 12.4. The number of aromatic nitrogens is 2. The van der Waals surface area contributed by atoms with Gasteiger partial charge in [0.25, 0.3) is 0 Å². The fourth-order valence-corrected chi connectivity index (χ4v) is 1.04. The van der Waals surface area contributed by atoms with Gasteiger partial charge in [-0.15, -0.1) is 24.8 Å². The third-order valence-corrected chi connectivity index (χ3v) is 1.89. The number of pyridine rings is 2. The van der Waals surface area contributed by atoms with Gasteiger partial charge >= 0.3 is 0 Å². The van der Waals surface area contributed by atoms with Gasteiger partial charge in [0.15, 0.2) is 11.5 Å². The SMILES string of the molecule is CC.Cl.Cl.N#Cc1ncccc1F.NCc1ncccc1F. The predicted octanol–water partition coefficient (Wildman–Crippen LogP) is 3.64. The summed E-state index contributed by atoms with van der Waals surface area (Å²) in [6, 6.07) is 7.13. The van der Waals surface area contributed by atoms with E-state index >= 15 is 0 Å². The highest BCUT2D eigenvalue weighted by Crippen LogP contribution is 1.99. The minimum absolute atomic E-state index is 0. The van der Waals surface area contributed by atoms with E-state index in [1.165, 1.54) is 36.7 Å². The molecule has 0 bridgehead atoms. The van der Waals surface area contributed by atoms with E-state index in [9.17, 15) is 8.78 Å². The van der Waals surface area contributed by atoms with Crippen molar-refractivity contribution in [2.45, 2.75) is 20.4 Å². The predicted molar refractivity (Wildman–Crippen MR) is 86.8 cm³/mol. The molecule has 0 saturated carbocycles. The summed E-state index contributed by atoms with van der Waals surface area (Å²) < 4.78 is 24.8. The topological polar surface area (TPSA) is 75.6 Å². The third kappa shape index (κ3) is 9.19. The molecule has 0 aromatic carbocycles. The van der Waals surface area contributed by atoms with Crippen molar-refractivity contribution in [3.8, 4) is 6.07 Å². The quantitative estimate of drug-likeness (QED) is 0.851. The molecule has 4 nitrogen and oxygen atoms in total. The van der Waals surface area contributed by atoms with E-state index in [0.717, 1.165) is 0 Å². The summed E-state index contributed by atoms with van der Waals surface area (Å²) in [5.41, 5.74) is 5.31. The molecule has 0 aliphatic rings. The van der Waals surface area contributed by atoms with Crippen LogP contribution in [0.3, 0.4) is 0 Å². The van der Waals surface area contributed by atoms with Gasteiger partial charge in [-0.25, -0.2) is 13.8 Å². The molecule has 8 heteroatoms. The Hall–Kier alpha value is -1.81. The van der Waals surface area contributed by atoms with E-state index in [4.69, 9.17) is 11.0 Å². The molecule has 2 aromatic rings. The van der Waals surface area contributed by atoms with E-state index in [-0.39, 0.29) is 42.9 Å². The summed E-state index contributed by atoms with van der Waals surface area (Å²) in [6.07, 6.45) is 2.90. The first-order valence-corrected chi connectivity index (χ1v) is 5.99. The van der Waals surface area contributed by atoms with E-state index < -0.39 is 5.82 Å². The normalized spacial score (nSPS) is 7.64. The van der Waals surface area contributed by atoms with Crippen LogP contribution >= 0.6 is 24.8 Å². The molecule has 0 aliphatic carbocycles. The van der Waals surface area contributed by atoms with Crippen LogP contribution in [0.15, 0.2) is 36.7 Å². The van der Waals surface area contributed by atoms with E-state index in [1.54, 1.807) is 6.07 Å². The van der Waals surface area contributed by atoms with Gasteiger partial charge in [-0.05, 0) is 24.3 Å². The maximum Gasteiger partial charge on any atom is 0.176 e. The van der Waals surface area contributed by atoms with Crippen LogP contribution < -0.4 is 5.73 Å². The van der Waals surface area contributed by atoms with Crippen molar-refractivity contribution in [2.75, 3.05) is 0 Å². The van der Waals surface area contributed by atoms with Gasteiger partial charge in [-0.2, -0.15) is 5.26 Å². The number of rotatable bonds is 1. The number of nitrogens with two attached hydrogens (primary N) is 1. The highest BCUT2D eigenvalue weighted by molar-refractivity contribution is 5.85. The van der Waals surface area contributed by atoms with Crippen LogP contribution in [0.4, 0.5) is 8.78 Å². The van der Waals surface area contributed by atoms with E-state index in [1.807, 2.05) is 13.8 Å². The molecule has 0 aliphatic heterocycles. The number of halogens is 4. The summed E-state index contributed by atoms with van der Waals surface area (Å²) in [5.74, 6) is -0.903. The lowest BCUT2D eigenvalue weighted by atomic mass is 10.3. The van der Waals surface area contributed by atoms with E-state index in [2.05, 4.69) is 9.97 Å². The largest absolute Gasteiger partial charge is 0.325 e. The molecule has 122 valence electrons. The van der Waals surface area contributed by atoms with Gasteiger partial charge < -0.3 is 5.73 Å². The van der Waals surface area contributed by atoms with Crippen molar-refractivity contribution in [3.05, 3.63) is 59.7 Å². The summed E-state index contributed by atoms with van der Waals surface area (Å²) in [7, 11) is 0. The number of nitriles is 1. The first-order chi connectivity index (χ1) is 9.69. The number of hydrogen-bond donors (Lipinski definition) is 1. The smallest absolute Gasteiger partial charge is 0.176 e. The molecular weight excluding hydrogens is 333 g/mol. The van der Waals surface area contributed by atoms with E-state index in [0.29, 0.717) is 5.69 Å². The minimum Gasteiger partial charge on any atom is -0.325 e. The third-order valence-electron chi connectivity index (χ3n) is 1.89. The zero-order valence-corrected chi connectivity index (χ0v) is 13.8. The van der Waals surface area contributed by atoms with Crippen molar-refractivity contribution >= 4 is 24.8 Å². The fraction of sp³-hybridized carbons (Fsp3) is 0.214. The van der Waals surface area contributed by atoms with Gasteiger partial charge in [-0.3, -0.25) is 4.98 Å². The van der Waals surface area contributed by atoms with Crippen molar-refractivity contribution in [1.82, 2.24) is 9.97 Å². The zero-order valence-electron chi connectivity index (χ0n) is 12.2. The minimum atomic E-state index is -0.569. The first-order valence-electron chi connectivity index (χ1n) is 5.99. The van der Waals surface area contributed by atoms with Crippen LogP contribution in [0.25, 0.3) is 0 Å². The lowest BCUT2D eigenvalue weighted by molar-refractivity contribution is 0.600. The van der Waals surface area contributed by atoms with Gasteiger partial charge in [0.05, 0.1) is 5.69 Å². The average molecular weight is 351 g/mol. The highest BCUT2D eigenvalue weighted by Gasteiger charge is 1.97. The molecule has 2 aromatic heterocycles. The van der Waals surface area contributed by atoms with Crippen LogP contribution in [0.5, 0.6) is 0 Å². The molecule has 2 rings (SSSR count). The summed E-state index contributed by atoms with van der Waals surface area (Å²) in [5, 5.41) is 8.17. The summed E-state index contributed by atoms with van der Waals surface area (Å²) in [6.45, 7) is 4.16. The second kappa shape index (κ2) is 15.6. The van der Waals surface area contributed by atoms with Gasteiger partial charge in [0, 0.05) is 18.9 Å². The maximum atomic E-state index is 12.4. The second-order valence-electron chi connectivity index (χ2n) is 3.08. The molecule has 2 heterocycles. The Kier molecular flexibility index (Phi) is 17.8. The van der Waals surface area contributed by atoms with Gasteiger partial charge in [0.2, 0.25) is 0 Å². The molecule has 0 fully saturated rings. The summed E-state index contributed by atoms with van der Waals surface area (Å²) in [4.78, 5) is 7.16. The second-order valence-corrected chi connectivity index (χ2v) is 3.08. The Morgan fingerprint density at radius 2 is 1.55 bits per heavy atom. The number of nitrogens with zero attached hydrogens (tertiary/aromatic N) is 3. The first kappa shape index (κ1) is 25.2. The van der Waals surface area contributed by atoms with Crippen LogP contribution in [0, 0.1) is 23.0 Å². The van der Waals surface area contributed by atoms with Crippen LogP contribution in [0.1, 0.15) is 25.2 Å². The molecular formula is C14H18Cl2F2N4. The molecule has 0 saturated heterocycles. The lowest BCUT2D eigenvalue weighted by Crippen LogP contribution is -2.01. The molecule has 0 amide bonds. The van der Waals surface area contributed by atoms with Crippen molar-refractivity contribution < 1.29 is 8.78 Å². The Morgan fingerprint density at radius 1 is 1.05 bits per heavy atom. The van der Waals surface area contributed by atoms with Gasteiger partial charge in [0.1, 0.15) is 11.9 Å². The van der Waals surface area contributed by atoms with Crippen LogP contribution in [-0.4, -0.2) is 9.97 Å². The monoisotopic (exact) mass is 350 g/mol. The Balaban J connectivity index is -0.000000273. The van der Waals surface area contributed by atoms with Crippen molar-refractivity contribution in [1.29, 1.82) is 5.26 Å². The molecule has 0 radical (unpaired) electrons. The van der Waals surface area contributed by atoms with Gasteiger partial charge in [-0.1, -0.05) is 13.8 Å². The standard InChI is InChI=1S/C6H7FN2.C6H3FN2.C2H6.2ClH/c2*7-5-2-1-3-9-6(5)4-8;1-2;;/h1-3H,4,8H2;1-3H;1-2H3;2*1H. The Bertz CT molecular complexity index is 557. The molecule has 22 heavy (non-hydrogen) atoms. The molecule has 0 spiro atoms. The van der Waals surface area contributed by atoms with Crippen molar-refractivity contribution in [2.24, 2.45) is 5.73 Å².